The molecule has 0 bridgehead atoms. The highest BCUT2D eigenvalue weighted by molar-refractivity contribution is 7.10. The molecule has 2 atom stereocenters. The number of ether oxygens (including phenoxy) is 1. The maximum absolute atomic E-state index is 12.8. The number of anilines is 1. The van der Waals surface area contributed by atoms with Crippen LogP contribution in [0.25, 0.3) is 0 Å². The number of fused-ring (bicyclic) bond motifs is 1. The molecule has 0 spiro atoms. The van der Waals surface area contributed by atoms with E-state index in [1.54, 1.807) is 17.4 Å². The van der Waals surface area contributed by atoms with Gasteiger partial charge in [-0.05, 0) is 65.1 Å². The number of aryl methyl sites for hydroxylation is 1. The molecule has 6 heteroatoms. The maximum atomic E-state index is 12.8. The Morgan fingerprint density at radius 3 is 2.62 bits per heavy atom. The van der Waals surface area contributed by atoms with Crippen LogP contribution >= 0.6 is 11.3 Å². The van der Waals surface area contributed by atoms with E-state index in [-0.39, 0.29) is 24.5 Å². The number of amides is 2. The summed E-state index contributed by atoms with van der Waals surface area (Å²) in [4.78, 5) is 25.4. The number of rotatable bonds is 8. The Balaban J connectivity index is 1.43. The number of benzene rings is 2. The van der Waals surface area contributed by atoms with E-state index in [1.807, 2.05) is 29.6 Å². The van der Waals surface area contributed by atoms with Crippen molar-refractivity contribution >= 4 is 28.8 Å². The molecule has 2 aromatic carbocycles. The van der Waals surface area contributed by atoms with Crippen molar-refractivity contribution < 1.29 is 14.3 Å². The zero-order valence-electron chi connectivity index (χ0n) is 18.4. The largest absolute Gasteiger partial charge is 0.484 e. The molecular weight excluding hydrogens is 420 g/mol. The van der Waals surface area contributed by atoms with Crippen LogP contribution in [0.15, 0.2) is 60.0 Å². The zero-order chi connectivity index (χ0) is 22.5. The van der Waals surface area contributed by atoms with Crippen molar-refractivity contribution in [2.75, 3.05) is 11.9 Å². The SMILES string of the molecule is CC[C@H](C)c1ccc([C@@H](NC(=O)COc2ccc3c(c2)CCC(=O)N3)c2cccs2)cc1. The Hall–Kier alpha value is -3.12. The highest BCUT2D eigenvalue weighted by Crippen LogP contribution is 2.29. The van der Waals surface area contributed by atoms with Crippen LogP contribution in [0.4, 0.5) is 5.69 Å². The molecular formula is C26H28N2O3S. The Morgan fingerprint density at radius 1 is 1.12 bits per heavy atom. The first-order valence-electron chi connectivity index (χ1n) is 11.0. The van der Waals surface area contributed by atoms with E-state index >= 15 is 0 Å². The van der Waals surface area contributed by atoms with Gasteiger partial charge in [0.15, 0.2) is 6.61 Å². The molecule has 5 nitrogen and oxygen atoms in total. The summed E-state index contributed by atoms with van der Waals surface area (Å²) in [7, 11) is 0. The lowest BCUT2D eigenvalue weighted by Crippen LogP contribution is -2.33. The summed E-state index contributed by atoms with van der Waals surface area (Å²) >= 11 is 1.62. The predicted molar refractivity (Wildman–Crippen MR) is 128 cm³/mol. The van der Waals surface area contributed by atoms with Gasteiger partial charge >= 0.3 is 0 Å². The van der Waals surface area contributed by atoms with Gasteiger partial charge in [0.05, 0.1) is 6.04 Å². The second-order valence-corrected chi connectivity index (χ2v) is 9.13. The lowest BCUT2D eigenvalue weighted by Gasteiger charge is -2.20. The summed E-state index contributed by atoms with van der Waals surface area (Å²) in [6.45, 7) is 4.34. The summed E-state index contributed by atoms with van der Waals surface area (Å²) in [5, 5.41) is 8.00. The molecule has 0 aliphatic carbocycles. The Kier molecular flexibility index (Phi) is 6.90. The van der Waals surface area contributed by atoms with Crippen LogP contribution in [0.3, 0.4) is 0 Å². The smallest absolute Gasteiger partial charge is 0.258 e. The van der Waals surface area contributed by atoms with Crippen molar-refractivity contribution in [1.29, 1.82) is 0 Å². The van der Waals surface area contributed by atoms with Crippen LogP contribution in [0, 0.1) is 0 Å². The van der Waals surface area contributed by atoms with Gasteiger partial charge in [0.1, 0.15) is 5.75 Å². The lowest BCUT2D eigenvalue weighted by atomic mass is 9.95. The maximum Gasteiger partial charge on any atom is 0.258 e. The van der Waals surface area contributed by atoms with E-state index in [1.165, 1.54) is 5.56 Å². The van der Waals surface area contributed by atoms with Crippen LogP contribution in [0.2, 0.25) is 0 Å². The van der Waals surface area contributed by atoms with E-state index in [0.29, 0.717) is 24.5 Å². The minimum atomic E-state index is -0.212. The van der Waals surface area contributed by atoms with Gasteiger partial charge in [-0.25, -0.2) is 0 Å². The van der Waals surface area contributed by atoms with E-state index < -0.39 is 0 Å². The second kappa shape index (κ2) is 10.0. The topological polar surface area (TPSA) is 67.4 Å². The molecule has 32 heavy (non-hydrogen) atoms. The van der Waals surface area contributed by atoms with Crippen molar-refractivity contribution in [1.82, 2.24) is 5.32 Å². The number of thiophene rings is 1. The molecule has 3 aromatic rings. The number of carbonyl (C=O) groups excluding carboxylic acids is 2. The molecule has 1 aliphatic rings. The van der Waals surface area contributed by atoms with E-state index in [0.717, 1.165) is 28.1 Å². The minimum Gasteiger partial charge on any atom is -0.484 e. The molecule has 4 rings (SSSR count). The van der Waals surface area contributed by atoms with E-state index in [9.17, 15) is 9.59 Å². The Morgan fingerprint density at radius 2 is 1.91 bits per heavy atom. The standard InChI is InChI=1S/C26H28N2O3S/c1-3-17(2)18-6-8-19(9-7-18)26(23-5-4-14-32-23)28-25(30)16-31-21-11-12-22-20(15-21)10-13-24(29)27-22/h4-9,11-12,14-15,17,26H,3,10,13,16H2,1-2H3,(H,27,29)(H,28,30)/t17-,26+/m0/s1. The summed E-state index contributed by atoms with van der Waals surface area (Å²) < 4.78 is 5.76. The fourth-order valence-electron chi connectivity index (χ4n) is 3.83. The van der Waals surface area contributed by atoms with Crippen molar-refractivity contribution in [3.63, 3.8) is 0 Å². The van der Waals surface area contributed by atoms with Crippen LogP contribution < -0.4 is 15.4 Å². The zero-order valence-corrected chi connectivity index (χ0v) is 19.2. The summed E-state index contributed by atoms with van der Waals surface area (Å²) in [5.74, 6) is 0.987. The van der Waals surface area contributed by atoms with Crippen LogP contribution in [-0.4, -0.2) is 18.4 Å². The molecule has 166 valence electrons. The highest BCUT2D eigenvalue weighted by atomic mass is 32.1. The third kappa shape index (κ3) is 5.19. The fraction of sp³-hybridized carbons (Fsp3) is 0.308. The van der Waals surface area contributed by atoms with Gasteiger partial charge in [0, 0.05) is 17.0 Å². The number of hydrogen-bond donors (Lipinski definition) is 2. The van der Waals surface area contributed by atoms with Gasteiger partial charge in [0.25, 0.3) is 5.91 Å². The second-order valence-electron chi connectivity index (χ2n) is 8.15. The lowest BCUT2D eigenvalue weighted by molar-refractivity contribution is -0.123. The van der Waals surface area contributed by atoms with Gasteiger partial charge in [0.2, 0.25) is 5.91 Å². The van der Waals surface area contributed by atoms with Crippen molar-refractivity contribution in [2.45, 2.75) is 45.1 Å². The minimum absolute atomic E-state index is 0.0300. The van der Waals surface area contributed by atoms with Crippen molar-refractivity contribution in [3.8, 4) is 5.75 Å². The third-order valence-corrected chi connectivity index (χ3v) is 6.86. The van der Waals surface area contributed by atoms with Crippen LogP contribution in [-0.2, 0) is 16.0 Å². The molecule has 2 N–H and O–H groups in total. The van der Waals surface area contributed by atoms with Gasteiger partial charge in [-0.2, -0.15) is 0 Å². The summed E-state index contributed by atoms with van der Waals surface area (Å²) in [5.41, 5.74) is 4.20. The van der Waals surface area contributed by atoms with Crippen LogP contribution in [0.1, 0.15) is 60.2 Å². The molecule has 0 saturated heterocycles. The first-order valence-corrected chi connectivity index (χ1v) is 11.9. The van der Waals surface area contributed by atoms with Gasteiger partial charge < -0.3 is 15.4 Å². The van der Waals surface area contributed by atoms with Gasteiger partial charge in [-0.3, -0.25) is 9.59 Å². The van der Waals surface area contributed by atoms with Gasteiger partial charge in [-0.1, -0.05) is 44.2 Å². The first-order chi connectivity index (χ1) is 15.5. The fourth-order valence-corrected chi connectivity index (χ4v) is 4.63. The van der Waals surface area contributed by atoms with Gasteiger partial charge in [-0.15, -0.1) is 11.3 Å². The predicted octanol–water partition coefficient (Wildman–Crippen LogP) is 5.43. The molecule has 2 heterocycles. The van der Waals surface area contributed by atoms with E-state index in [2.05, 4.69) is 48.7 Å². The normalized spacial score (nSPS) is 14.8. The number of carbonyl (C=O) groups is 2. The molecule has 0 fully saturated rings. The third-order valence-electron chi connectivity index (χ3n) is 5.93. The average molecular weight is 449 g/mol. The monoisotopic (exact) mass is 448 g/mol. The highest BCUT2D eigenvalue weighted by Gasteiger charge is 2.19. The van der Waals surface area contributed by atoms with Crippen LogP contribution in [0.5, 0.6) is 5.75 Å². The summed E-state index contributed by atoms with van der Waals surface area (Å²) in [6, 6.07) is 17.8. The Bertz CT molecular complexity index is 1080. The molecule has 0 radical (unpaired) electrons. The summed E-state index contributed by atoms with van der Waals surface area (Å²) in [6.07, 6.45) is 2.24. The first kappa shape index (κ1) is 22.1. The Labute approximate surface area is 192 Å². The van der Waals surface area contributed by atoms with Crippen molar-refractivity contribution in [2.24, 2.45) is 0 Å². The van der Waals surface area contributed by atoms with Crippen molar-refractivity contribution in [3.05, 3.63) is 81.5 Å². The number of hydrogen-bond acceptors (Lipinski definition) is 4. The molecule has 0 saturated carbocycles. The van der Waals surface area contributed by atoms with E-state index in [4.69, 9.17) is 4.74 Å². The molecule has 1 aliphatic heterocycles. The average Bonchev–Trinajstić information content (AvgIpc) is 3.35. The quantitative estimate of drug-likeness (QED) is 0.483. The molecule has 0 unspecified atom stereocenters. The molecule has 2 amide bonds. The molecule has 1 aromatic heterocycles. The number of nitrogens with one attached hydrogen (secondary N) is 2.